The van der Waals surface area contributed by atoms with Crippen molar-refractivity contribution in [2.75, 3.05) is 44.0 Å². The normalized spacial score (nSPS) is 10.6. The van der Waals surface area contributed by atoms with E-state index in [4.69, 9.17) is 10.6 Å². The van der Waals surface area contributed by atoms with Gasteiger partial charge in [0, 0.05) is 13.1 Å². The van der Waals surface area contributed by atoms with Crippen molar-refractivity contribution in [3.63, 3.8) is 0 Å². The summed E-state index contributed by atoms with van der Waals surface area (Å²) in [5.74, 6) is 6.06. The van der Waals surface area contributed by atoms with Crippen LogP contribution in [0.15, 0.2) is 0 Å². The molecule has 0 fully saturated rings. The highest BCUT2D eigenvalue weighted by Crippen LogP contribution is 2.10. The number of anilines is 2. The van der Waals surface area contributed by atoms with Crippen molar-refractivity contribution in [2.45, 2.75) is 20.3 Å². The molecule has 0 saturated carbocycles. The maximum absolute atomic E-state index is 5.38. The Hall–Kier alpha value is -1.67. The molecule has 0 amide bonds. The summed E-state index contributed by atoms with van der Waals surface area (Å²) in [6.45, 7) is 7.33. The van der Waals surface area contributed by atoms with E-state index in [2.05, 4.69) is 44.6 Å². The van der Waals surface area contributed by atoms with E-state index in [1.165, 1.54) is 0 Å². The smallest absolute Gasteiger partial charge is 0.323 e. The number of nitrogens with two attached hydrogens (primary N) is 1. The van der Waals surface area contributed by atoms with Gasteiger partial charge in [-0.2, -0.15) is 15.0 Å². The number of aromatic nitrogens is 3. The Morgan fingerprint density at radius 1 is 1.21 bits per heavy atom. The molecule has 0 spiro atoms. The number of hydrogen-bond acceptors (Lipinski definition) is 8. The van der Waals surface area contributed by atoms with Crippen molar-refractivity contribution in [3.8, 4) is 6.01 Å². The number of rotatable bonds is 9. The highest BCUT2D eigenvalue weighted by molar-refractivity contribution is 5.34. The van der Waals surface area contributed by atoms with E-state index < -0.39 is 0 Å². The number of nitrogens with zero attached hydrogens (tertiary/aromatic N) is 4. The van der Waals surface area contributed by atoms with Gasteiger partial charge in [0.15, 0.2) is 0 Å². The Morgan fingerprint density at radius 2 is 1.95 bits per heavy atom. The fourth-order valence-corrected chi connectivity index (χ4v) is 1.27. The van der Waals surface area contributed by atoms with Crippen LogP contribution in [0.3, 0.4) is 0 Å². The van der Waals surface area contributed by atoms with Crippen LogP contribution >= 0.6 is 0 Å². The zero-order valence-corrected chi connectivity index (χ0v) is 11.8. The first-order valence-corrected chi connectivity index (χ1v) is 6.47. The maximum Gasteiger partial charge on any atom is 0.323 e. The monoisotopic (exact) mass is 269 g/mol. The van der Waals surface area contributed by atoms with Crippen LogP contribution in [0.25, 0.3) is 0 Å². The number of hydrogen-bond donors (Lipinski definition) is 3. The molecule has 0 atom stereocenters. The predicted molar refractivity (Wildman–Crippen MR) is 75.1 cm³/mol. The summed E-state index contributed by atoms with van der Waals surface area (Å²) in [5.41, 5.74) is 2.40. The molecule has 1 rings (SSSR count). The van der Waals surface area contributed by atoms with Crippen LogP contribution in [0.2, 0.25) is 0 Å². The van der Waals surface area contributed by atoms with Gasteiger partial charge in [0.05, 0.1) is 6.61 Å². The van der Waals surface area contributed by atoms with E-state index in [0.29, 0.717) is 12.6 Å². The molecule has 0 unspecified atom stereocenters. The highest BCUT2D eigenvalue weighted by Gasteiger charge is 2.06. The Morgan fingerprint density at radius 3 is 2.58 bits per heavy atom. The van der Waals surface area contributed by atoms with E-state index in [0.717, 1.165) is 26.1 Å². The third-order valence-corrected chi connectivity index (χ3v) is 2.50. The first kappa shape index (κ1) is 15.4. The Labute approximate surface area is 113 Å². The number of likely N-dealkylation sites (N-methyl/N-ethyl adjacent to an activating group) is 1. The van der Waals surface area contributed by atoms with Crippen LogP contribution in [0.5, 0.6) is 6.01 Å². The number of nitrogen functional groups attached to an aromatic ring is 1. The zero-order valence-electron chi connectivity index (χ0n) is 11.8. The van der Waals surface area contributed by atoms with Gasteiger partial charge in [0.25, 0.3) is 0 Å². The topological polar surface area (TPSA) is 101 Å². The molecule has 8 heteroatoms. The number of ether oxygens (including phenoxy) is 1. The molecule has 4 N–H and O–H groups in total. The minimum Gasteiger partial charge on any atom is -0.463 e. The summed E-state index contributed by atoms with van der Waals surface area (Å²) >= 11 is 0. The summed E-state index contributed by atoms with van der Waals surface area (Å²) in [5, 5.41) is 3.12. The Balaban J connectivity index is 2.60. The van der Waals surface area contributed by atoms with Crippen molar-refractivity contribution in [1.82, 2.24) is 19.9 Å². The fraction of sp³-hybridized carbons (Fsp3) is 0.727. The predicted octanol–water partition coefficient (Wildman–Crippen LogP) is 0.310. The minimum atomic E-state index is 0.274. The molecular weight excluding hydrogens is 246 g/mol. The lowest BCUT2D eigenvalue weighted by Gasteiger charge is -2.14. The second kappa shape index (κ2) is 8.44. The summed E-state index contributed by atoms with van der Waals surface area (Å²) in [4.78, 5) is 14.5. The highest BCUT2D eigenvalue weighted by atomic mass is 16.5. The lowest BCUT2D eigenvalue weighted by molar-refractivity contribution is 0.292. The lowest BCUT2D eigenvalue weighted by atomic mass is 10.5. The van der Waals surface area contributed by atoms with Crippen LogP contribution in [0.1, 0.15) is 20.3 Å². The van der Waals surface area contributed by atoms with E-state index >= 15 is 0 Å². The molecule has 0 radical (unpaired) electrons. The van der Waals surface area contributed by atoms with Gasteiger partial charge in [-0.1, -0.05) is 13.8 Å². The molecule has 0 aliphatic carbocycles. The molecule has 1 aromatic heterocycles. The van der Waals surface area contributed by atoms with Gasteiger partial charge in [0.2, 0.25) is 11.9 Å². The van der Waals surface area contributed by atoms with E-state index in [1.54, 1.807) is 0 Å². The van der Waals surface area contributed by atoms with Gasteiger partial charge in [-0.15, -0.1) is 0 Å². The second-order valence-corrected chi connectivity index (χ2v) is 4.08. The average Bonchev–Trinajstić information content (AvgIpc) is 2.44. The van der Waals surface area contributed by atoms with Crippen LogP contribution in [0, 0.1) is 0 Å². The molecular formula is C11H23N7O. The Bertz CT molecular complexity index is 374. The lowest BCUT2D eigenvalue weighted by Crippen LogP contribution is -2.25. The molecule has 0 aliphatic rings. The average molecular weight is 269 g/mol. The summed E-state index contributed by atoms with van der Waals surface area (Å²) in [6, 6.07) is 0.274. The van der Waals surface area contributed by atoms with Gasteiger partial charge in [-0.25, -0.2) is 5.84 Å². The van der Waals surface area contributed by atoms with Gasteiger partial charge in [-0.05, 0) is 20.0 Å². The number of hydrazine groups is 1. The van der Waals surface area contributed by atoms with Gasteiger partial charge < -0.3 is 15.0 Å². The molecule has 19 heavy (non-hydrogen) atoms. The number of nitrogens with one attached hydrogen (secondary N) is 2. The minimum absolute atomic E-state index is 0.274. The molecule has 108 valence electrons. The quantitative estimate of drug-likeness (QED) is 0.435. The van der Waals surface area contributed by atoms with Crippen molar-refractivity contribution in [1.29, 1.82) is 0 Å². The zero-order chi connectivity index (χ0) is 14.1. The van der Waals surface area contributed by atoms with Crippen molar-refractivity contribution in [3.05, 3.63) is 0 Å². The van der Waals surface area contributed by atoms with E-state index in [1.807, 2.05) is 6.92 Å². The molecule has 0 bridgehead atoms. The molecule has 0 aliphatic heterocycles. The van der Waals surface area contributed by atoms with Crippen molar-refractivity contribution < 1.29 is 4.74 Å². The largest absolute Gasteiger partial charge is 0.463 e. The van der Waals surface area contributed by atoms with Crippen LogP contribution in [0.4, 0.5) is 11.9 Å². The van der Waals surface area contributed by atoms with Gasteiger partial charge >= 0.3 is 6.01 Å². The SMILES string of the molecule is CCCOc1nc(NN)nc(NCCN(C)CC)n1. The summed E-state index contributed by atoms with van der Waals surface area (Å²) < 4.78 is 5.38. The van der Waals surface area contributed by atoms with Gasteiger partial charge in [0.1, 0.15) is 0 Å². The molecule has 0 saturated heterocycles. The van der Waals surface area contributed by atoms with Crippen molar-refractivity contribution >= 4 is 11.9 Å². The summed E-state index contributed by atoms with van der Waals surface area (Å²) in [6.07, 6.45) is 0.890. The fourth-order valence-electron chi connectivity index (χ4n) is 1.27. The third-order valence-electron chi connectivity index (χ3n) is 2.50. The van der Waals surface area contributed by atoms with Crippen molar-refractivity contribution in [2.24, 2.45) is 5.84 Å². The Kier molecular flexibility index (Phi) is 6.83. The van der Waals surface area contributed by atoms with Crippen LogP contribution in [-0.2, 0) is 0 Å². The standard InChI is InChI=1S/C11H23N7O/c1-4-8-19-11-15-9(14-10(16-11)17-12)13-6-7-18(3)5-2/h4-8,12H2,1-3H3,(H2,13,14,15,16,17). The second-order valence-electron chi connectivity index (χ2n) is 4.08. The van der Waals surface area contributed by atoms with E-state index in [-0.39, 0.29) is 12.0 Å². The van der Waals surface area contributed by atoms with Gasteiger partial charge in [-0.3, -0.25) is 5.43 Å². The first-order chi connectivity index (χ1) is 9.19. The third kappa shape index (κ3) is 5.66. The maximum atomic E-state index is 5.38. The molecule has 0 aromatic carbocycles. The van der Waals surface area contributed by atoms with E-state index in [9.17, 15) is 0 Å². The molecule has 8 nitrogen and oxygen atoms in total. The van der Waals surface area contributed by atoms with Crippen LogP contribution in [-0.4, -0.2) is 53.1 Å². The van der Waals surface area contributed by atoms with Crippen LogP contribution < -0.4 is 21.3 Å². The molecule has 1 heterocycles. The molecule has 1 aromatic rings. The summed E-state index contributed by atoms with van der Waals surface area (Å²) in [7, 11) is 2.05. The first-order valence-electron chi connectivity index (χ1n) is 6.47.